The zero-order chi connectivity index (χ0) is 22.6. The van der Waals surface area contributed by atoms with Gasteiger partial charge in [-0.15, -0.1) is 10.2 Å². The van der Waals surface area contributed by atoms with Crippen molar-refractivity contribution in [2.45, 2.75) is 64.5 Å². The van der Waals surface area contributed by atoms with Crippen molar-refractivity contribution in [2.24, 2.45) is 0 Å². The lowest BCUT2D eigenvalue weighted by Crippen LogP contribution is -2.29. The van der Waals surface area contributed by atoms with Crippen LogP contribution in [0.5, 0.6) is 0 Å². The summed E-state index contributed by atoms with van der Waals surface area (Å²) < 4.78 is 3.63. The predicted octanol–water partition coefficient (Wildman–Crippen LogP) is 4.40. The summed E-state index contributed by atoms with van der Waals surface area (Å²) in [5.74, 6) is 1.46. The van der Waals surface area contributed by atoms with Crippen molar-refractivity contribution in [3.8, 4) is 22.5 Å². The SMILES string of the molecule is CCCc1nn(C2CCCCC2)c(=O)n1Cc1ccc(-c2ccccc2-c2nn[nH]n2)cc1. The molecule has 4 aromatic rings. The van der Waals surface area contributed by atoms with Gasteiger partial charge in [0.25, 0.3) is 0 Å². The summed E-state index contributed by atoms with van der Waals surface area (Å²) in [7, 11) is 0. The van der Waals surface area contributed by atoms with Crippen LogP contribution in [0.25, 0.3) is 22.5 Å². The van der Waals surface area contributed by atoms with Crippen LogP contribution in [0.3, 0.4) is 0 Å². The number of hydrogen-bond donors (Lipinski definition) is 1. The molecule has 0 bridgehead atoms. The van der Waals surface area contributed by atoms with Crippen LogP contribution in [0.15, 0.2) is 53.3 Å². The molecule has 0 amide bonds. The van der Waals surface area contributed by atoms with Crippen LogP contribution in [0.2, 0.25) is 0 Å². The van der Waals surface area contributed by atoms with Crippen molar-refractivity contribution in [1.82, 2.24) is 35.0 Å². The van der Waals surface area contributed by atoms with Gasteiger partial charge in [0.15, 0.2) is 0 Å². The third kappa shape index (κ3) is 4.37. The van der Waals surface area contributed by atoms with E-state index in [1.165, 1.54) is 19.3 Å². The molecule has 1 aliphatic rings. The molecule has 0 spiro atoms. The van der Waals surface area contributed by atoms with Gasteiger partial charge < -0.3 is 0 Å². The van der Waals surface area contributed by atoms with E-state index in [-0.39, 0.29) is 11.7 Å². The molecule has 170 valence electrons. The molecule has 1 aliphatic carbocycles. The smallest absolute Gasteiger partial charge is 0.274 e. The third-order valence-electron chi connectivity index (χ3n) is 6.47. The Labute approximate surface area is 192 Å². The number of rotatable bonds is 7. The van der Waals surface area contributed by atoms with E-state index < -0.39 is 0 Å². The summed E-state index contributed by atoms with van der Waals surface area (Å²) in [6.07, 6.45) is 7.50. The Kier molecular flexibility index (Phi) is 6.15. The Balaban J connectivity index is 1.42. The highest BCUT2D eigenvalue weighted by Crippen LogP contribution is 2.30. The second-order valence-corrected chi connectivity index (χ2v) is 8.75. The summed E-state index contributed by atoms with van der Waals surface area (Å²) in [6.45, 7) is 2.66. The van der Waals surface area contributed by atoms with Crippen molar-refractivity contribution >= 4 is 0 Å². The lowest BCUT2D eigenvalue weighted by molar-refractivity contribution is 0.319. The molecule has 0 radical (unpaired) electrons. The Morgan fingerprint density at radius 3 is 2.45 bits per heavy atom. The molecule has 5 rings (SSSR count). The highest BCUT2D eigenvalue weighted by molar-refractivity contribution is 5.80. The third-order valence-corrected chi connectivity index (χ3v) is 6.47. The Morgan fingerprint density at radius 2 is 1.76 bits per heavy atom. The highest BCUT2D eigenvalue weighted by Gasteiger charge is 2.22. The monoisotopic (exact) mass is 443 g/mol. The van der Waals surface area contributed by atoms with Gasteiger partial charge in [0.1, 0.15) is 5.82 Å². The van der Waals surface area contributed by atoms with E-state index in [1.807, 2.05) is 22.8 Å². The van der Waals surface area contributed by atoms with E-state index >= 15 is 0 Å². The topological polar surface area (TPSA) is 94.3 Å². The molecule has 2 heterocycles. The van der Waals surface area contributed by atoms with E-state index in [1.54, 1.807) is 4.68 Å². The molecule has 33 heavy (non-hydrogen) atoms. The van der Waals surface area contributed by atoms with Crippen LogP contribution in [-0.4, -0.2) is 35.0 Å². The fourth-order valence-electron chi connectivity index (χ4n) is 4.76. The first-order valence-electron chi connectivity index (χ1n) is 11.8. The van der Waals surface area contributed by atoms with Crippen LogP contribution in [-0.2, 0) is 13.0 Å². The van der Waals surface area contributed by atoms with Gasteiger partial charge >= 0.3 is 5.69 Å². The van der Waals surface area contributed by atoms with Gasteiger partial charge in [0.05, 0.1) is 12.6 Å². The number of aryl methyl sites for hydroxylation is 1. The highest BCUT2D eigenvalue weighted by atomic mass is 16.2. The minimum atomic E-state index is 0.0249. The van der Waals surface area contributed by atoms with Gasteiger partial charge in [0.2, 0.25) is 5.82 Å². The predicted molar refractivity (Wildman–Crippen MR) is 127 cm³/mol. The second-order valence-electron chi connectivity index (χ2n) is 8.75. The average molecular weight is 444 g/mol. The first-order chi connectivity index (χ1) is 16.2. The number of H-pyrrole nitrogens is 1. The molecule has 8 heteroatoms. The molecule has 1 N–H and O–H groups in total. The number of benzene rings is 2. The van der Waals surface area contributed by atoms with Crippen LogP contribution in [0.1, 0.15) is 62.9 Å². The summed E-state index contributed by atoms with van der Waals surface area (Å²) in [5.41, 5.74) is 4.14. The number of nitrogens with zero attached hydrogens (tertiary/aromatic N) is 6. The van der Waals surface area contributed by atoms with Crippen molar-refractivity contribution in [3.63, 3.8) is 0 Å². The molecule has 2 aromatic carbocycles. The molecule has 0 saturated heterocycles. The molecular weight excluding hydrogens is 414 g/mol. The molecule has 8 nitrogen and oxygen atoms in total. The molecule has 1 saturated carbocycles. The van der Waals surface area contributed by atoms with Crippen LogP contribution in [0, 0.1) is 0 Å². The Bertz CT molecular complexity index is 1250. The zero-order valence-corrected chi connectivity index (χ0v) is 18.9. The molecule has 0 atom stereocenters. The number of hydrogen-bond acceptors (Lipinski definition) is 5. The van der Waals surface area contributed by atoms with Crippen LogP contribution >= 0.6 is 0 Å². The fourth-order valence-corrected chi connectivity index (χ4v) is 4.76. The normalized spacial score (nSPS) is 14.6. The van der Waals surface area contributed by atoms with Crippen molar-refractivity contribution < 1.29 is 0 Å². The maximum atomic E-state index is 13.3. The quantitative estimate of drug-likeness (QED) is 0.457. The number of aromatic nitrogens is 7. The van der Waals surface area contributed by atoms with Gasteiger partial charge in [-0.25, -0.2) is 9.48 Å². The van der Waals surface area contributed by atoms with E-state index in [0.29, 0.717) is 12.4 Å². The largest absolute Gasteiger partial charge is 0.346 e. The van der Waals surface area contributed by atoms with E-state index in [9.17, 15) is 4.79 Å². The summed E-state index contributed by atoms with van der Waals surface area (Å²) in [4.78, 5) is 13.3. The summed E-state index contributed by atoms with van der Waals surface area (Å²) in [6, 6.07) is 16.6. The summed E-state index contributed by atoms with van der Waals surface area (Å²) >= 11 is 0. The second kappa shape index (κ2) is 9.52. The molecule has 1 fully saturated rings. The van der Waals surface area contributed by atoms with Crippen LogP contribution < -0.4 is 5.69 Å². The van der Waals surface area contributed by atoms with Gasteiger partial charge in [-0.2, -0.15) is 10.3 Å². The molecule has 0 aliphatic heterocycles. The number of tetrazole rings is 1. The average Bonchev–Trinajstić information content (AvgIpc) is 3.50. The van der Waals surface area contributed by atoms with Gasteiger partial charge in [-0.3, -0.25) is 4.57 Å². The van der Waals surface area contributed by atoms with Gasteiger partial charge in [0, 0.05) is 12.0 Å². The van der Waals surface area contributed by atoms with Crippen LogP contribution in [0.4, 0.5) is 0 Å². The van der Waals surface area contributed by atoms with Gasteiger partial charge in [-0.05, 0) is 41.2 Å². The molecule has 0 unspecified atom stereocenters. The van der Waals surface area contributed by atoms with E-state index in [2.05, 4.69) is 57.9 Å². The first-order valence-corrected chi connectivity index (χ1v) is 11.8. The lowest BCUT2D eigenvalue weighted by atomic mass is 9.96. The molecular formula is C25H29N7O. The zero-order valence-electron chi connectivity index (χ0n) is 18.9. The Hall–Kier alpha value is -3.55. The standard InChI is InChI=1S/C25H29N7O/c1-2-8-23-28-32(20-9-4-3-5-10-20)25(33)31(23)17-18-13-15-19(16-14-18)21-11-6-7-12-22(21)24-26-29-30-27-24/h6-7,11-16,20H,2-5,8-10,17H2,1H3,(H,26,27,29,30). The van der Waals surface area contributed by atoms with Crippen molar-refractivity contribution in [2.75, 3.05) is 0 Å². The van der Waals surface area contributed by atoms with E-state index in [0.717, 1.165) is 53.8 Å². The lowest BCUT2D eigenvalue weighted by Gasteiger charge is -2.20. The van der Waals surface area contributed by atoms with Crippen molar-refractivity contribution in [1.29, 1.82) is 0 Å². The summed E-state index contributed by atoms with van der Waals surface area (Å²) in [5, 5.41) is 19.2. The maximum absolute atomic E-state index is 13.3. The Morgan fingerprint density at radius 1 is 1.00 bits per heavy atom. The van der Waals surface area contributed by atoms with Gasteiger partial charge in [-0.1, -0.05) is 74.7 Å². The minimum Gasteiger partial charge on any atom is -0.274 e. The number of nitrogens with one attached hydrogen (secondary N) is 1. The van der Waals surface area contributed by atoms with Crippen molar-refractivity contribution in [3.05, 3.63) is 70.4 Å². The number of aromatic amines is 1. The minimum absolute atomic E-state index is 0.0249. The first kappa shape index (κ1) is 21.3. The fraction of sp³-hybridized carbons (Fsp3) is 0.400. The van der Waals surface area contributed by atoms with E-state index in [4.69, 9.17) is 5.10 Å². The maximum Gasteiger partial charge on any atom is 0.346 e. The molecule has 2 aromatic heterocycles.